The summed E-state index contributed by atoms with van der Waals surface area (Å²) >= 11 is 1.50. The quantitative estimate of drug-likeness (QED) is 0.886. The number of benzene rings is 1. The van der Waals surface area contributed by atoms with Gasteiger partial charge in [-0.15, -0.1) is 11.3 Å². The lowest BCUT2D eigenvalue weighted by Crippen LogP contribution is -2.33. The summed E-state index contributed by atoms with van der Waals surface area (Å²) in [7, 11) is 0. The first kappa shape index (κ1) is 12.8. The van der Waals surface area contributed by atoms with Crippen LogP contribution in [-0.2, 0) is 11.3 Å². The third-order valence-electron chi connectivity index (χ3n) is 2.72. The van der Waals surface area contributed by atoms with Crippen molar-refractivity contribution in [1.82, 2.24) is 5.32 Å². The van der Waals surface area contributed by atoms with Crippen LogP contribution in [0.25, 0.3) is 0 Å². The van der Waals surface area contributed by atoms with Gasteiger partial charge in [-0.05, 0) is 23.9 Å². The van der Waals surface area contributed by atoms with Crippen LogP contribution in [0, 0.1) is 6.92 Å². The predicted octanol–water partition coefficient (Wildman–Crippen LogP) is 2.37. The van der Waals surface area contributed by atoms with Gasteiger partial charge in [-0.2, -0.15) is 0 Å². The normalized spacial score (nSPS) is 12.1. The number of nitrogens with one attached hydrogen (secondary N) is 1. The Kier molecular flexibility index (Phi) is 4.12. The summed E-state index contributed by atoms with van der Waals surface area (Å²) in [6.45, 7) is 2.55. The van der Waals surface area contributed by atoms with Crippen LogP contribution >= 0.6 is 11.3 Å². The fourth-order valence-electron chi connectivity index (χ4n) is 1.60. The van der Waals surface area contributed by atoms with Gasteiger partial charge in [0, 0.05) is 11.4 Å². The molecule has 0 bridgehead atoms. The number of nitrogens with two attached hydrogens (primary N) is 1. The molecule has 0 saturated carbocycles. The van der Waals surface area contributed by atoms with E-state index in [1.54, 1.807) is 0 Å². The van der Waals surface area contributed by atoms with Gasteiger partial charge in [0.1, 0.15) is 6.04 Å². The Labute approximate surface area is 111 Å². The van der Waals surface area contributed by atoms with E-state index in [2.05, 4.69) is 5.32 Å². The van der Waals surface area contributed by atoms with Gasteiger partial charge in [0.25, 0.3) is 0 Å². The molecule has 1 atom stereocenters. The van der Waals surface area contributed by atoms with E-state index in [0.29, 0.717) is 6.54 Å². The van der Waals surface area contributed by atoms with Crippen LogP contribution in [0.4, 0.5) is 0 Å². The second-order valence-corrected chi connectivity index (χ2v) is 5.18. The fraction of sp³-hybridized carbons (Fsp3) is 0.214. The van der Waals surface area contributed by atoms with E-state index < -0.39 is 6.04 Å². The van der Waals surface area contributed by atoms with Crippen molar-refractivity contribution >= 4 is 17.2 Å². The molecular formula is C14H16N2OS. The van der Waals surface area contributed by atoms with E-state index >= 15 is 0 Å². The van der Waals surface area contributed by atoms with Crippen molar-refractivity contribution in [2.45, 2.75) is 19.5 Å². The number of hydrogen-bond donors (Lipinski definition) is 2. The van der Waals surface area contributed by atoms with E-state index in [-0.39, 0.29) is 5.91 Å². The van der Waals surface area contributed by atoms with Gasteiger partial charge in [0.2, 0.25) is 5.91 Å². The second-order valence-electron chi connectivity index (χ2n) is 4.20. The monoisotopic (exact) mass is 260 g/mol. The highest BCUT2D eigenvalue weighted by molar-refractivity contribution is 7.10. The van der Waals surface area contributed by atoms with Gasteiger partial charge >= 0.3 is 0 Å². The molecule has 3 N–H and O–H groups in total. The van der Waals surface area contributed by atoms with Gasteiger partial charge in [0.05, 0.1) is 0 Å². The topological polar surface area (TPSA) is 55.1 Å². The molecule has 1 aromatic heterocycles. The Bertz CT molecular complexity index is 505. The number of amides is 1. The van der Waals surface area contributed by atoms with Crippen LogP contribution in [0.3, 0.4) is 0 Å². The lowest BCUT2D eigenvalue weighted by molar-refractivity contribution is -0.122. The standard InChI is InChI=1S/C14H16N2OS/c1-10-4-6-11(7-5-10)9-16-14(17)13(15)12-3-2-8-18-12/h2-8,13H,9,15H2,1H3,(H,16,17). The van der Waals surface area contributed by atoms with Gasteiger partial charge < -0.3 is 11.1 Å². The fourth-order valence-corrected chi connectivity index (χ4v) is 2.33. The van der Waals surface area contributed by atoms with E-state index in [1.165, 1.54) is 16.9 Å². The maximum absolute atomic E-state index is 11.9. The minimum atomic E-state index is -0.574. The van der Waals surface area contributed by atoms with Crippen molar-refractivity contribution in [2.24, 2.45) is 5.73 Å². The first-order valence-electron chi connectivity index (χ1n) is 5.79. The van der Waals surface area contributed by atoms with Gasteiger partial charge in [-0.25, -0.2) is 0 Å². The SMILES string of the molecule is Cc1ccc(CNC(=O)C(N)c2cccs2)cc1. The zero-order chi connectivity index (χ0) is 13.0. The molecule has 0 aliphatic carbocycles. The maximum Gasteiger partial charge on any atom is 0.242 e. The van der Waals surface area contributed by atoms with Crippen molar-refractivity contribution in [2.75, 3.05) is 0 Å². The third-order valence-corrected chi connectivity index (χ3v) is 3.67. The lowest BCUT2D eigenvalue weighted by Gasteiger charge is -2.10. The number of carbonyl (C=O) groups is 1. The van der Waals surface area contributed by atoms with Crippen LogP contribution in [0.2, 0.25) is 0 Å². The smallest absolute Gasteiger partial charge is 0.242 e. The Morgan fingerprint density at radius 3 is 2.67 bits per heavy atom. The molecular weight excluding hydrogens is 244 g/mol. The molecule has 0 spiro atoms. The second kappa shape index (κ2) is 5.80. The summed E-state index contributed by atoms with van der Waals surface area (Å²) in [4.78, 5) is 12.7. The zero-order valence-electron chi connectivity index (χ0n) is 10.2. The molecule has 2 rings (SSSR count). The Morgan fingerprint density at radius 1 is 1.33 bits per heavy atom. The summed E-state index contributed by atoms with van der Waals surface area (Å²) in [5.41, 5.74) is 8.15. The molecule has 18 heavy (non-hydrogen) atoms. The highest BCUT2D eigenvalue weighted by Crippen LogP contribution is 2.16. The van der Waals surface area contributed by atoms with E-state index in [4.69, 9.17) is 5.73 Å². The van der Waals surface area contributed by atoms with Crippen molar-refractivity contribution in [3.05, 3.63) is 57.8 Å². The molecule has 0 saturated heterocycles. The molecule has 2 aromatic rings. The summed E-state index contributed by atoms with van der Waals surface area (Å²) in [6.07, 6.45) is 0. The van der Waals surface area contributed by atoms with Gasteiger partial charge in [0.15, 0.2) is 0 Å². The molecule has 1 unspecified atom stereocenters. The molecule has 94 valence electrons. The first-order chi connectivity index (χ1) is 8.66. The van der Waals surface area contributed by atoms with Crippen molar-refractivity contribution < 1.29 is 4.79 Å². The molecule has 1 aromatic carbocycles. The molecule has 1 heterocycles. The molecule has 3 nitrogen and oxygen atoms in total. The molecule has 0 aliphatic rings. The minimum absolute atomic E-state index is 0.141. The molecule has 4 heteroatoms. The number of carbonyl (C=O) groups excluding carboxylic acids is 1. The van der Waals surface area contributed by atoms with Crippen LogP contribution in [0.5, 0.6) is 0 Å². The molecule has 0 radical (unpaired) electrons. The zero-order valence-corrected chi connectivity index (χ0v) is 11.0. The number of thiophene rings is 1. The Hall–Kier alpha value is -1.65. The maximum atomic E-state index is 11.9. The third kappa shape index (κ3) is 3.18. The van der Waals surface area contributed by atoms with Crippen molar-refractivity contribution in [3.8, 4) is 0 Å². The highest BCUT2D eigenvalue weighted by atomic mass is 32.1. The number of aryl methyl sites for hydroxylation is 1. The van der Waals surface area contributed by atoms with E-state index in [1.807, 2.05) is 48.7 Å². The largest absolute Gasteiger partial charge is 0.350 e. The first-order valence-corrected chi connectivity index (χ1v) is 6.67. The average molecular weight is 260 g/mol. The molecule has 0 fully saturated rings. The lowest BCUT2D eigenvalue weighted by atomic mass is 10.1. The summed E-state index contributed by atoms with van der Waals surface area (Å²) in [5.74, 6) is -0.141. The van der Waals surface area contributed by atoms with Crippen LogP contribution in [0.15, 0.2) is 41.8 Å². The molecule has 0 aliphatic heterocycles. The van der Waals surface area contributed by atoms with Gasteiger partial charge in [-0.3, -0.25) is 4.79 Å². The Morgan fingerprint density at radius 2 is 2.06 bits per heavy atom. The summed E-state index contributed by atoms with van der Waals surface area (Å²) < 4.78 is 0. The van der Waals surface area contributed by atoms with Crippen LogP contribution in [0.1, 0.15) is 22.0 Å². The summed E-state index contributed by atoms with van der Waals surface area (Å²) in [6, 6.07) is 11.3. The van der Waals surface area contributed by atoms with Crippen molar-refractivity contribution in [3.63, 3.8) is 0 Å². The Balaban J connectivity index is 1.90. The van der Waals surface area contributed by atoms with E-state index in [9.17, 15) is 4.79 Å². The highest BCUT2D eigenvalue weighted by Gasteiger charge is 2.15. The summed E-state index contributed by atoms with van der Waals surface area (Å²) in [5, 5.41) is 4.77. The number of hydrogen-bond acceptors (Lipinski definition) is 3. The van der Waals surface area contributed by atoms with Gasteiger partial charge in [-0.1, -0.05) is 35.9 Å². The average Bonchev–Trinajstić information content (AvgIpc) is 2.90. The predicted molar refractivity (Wildman–Crippen MR) is 74.3 cm³/mol. The minimum Gasteiger partial charge on any atom is -0.350 e. The molecule has 1 amide bonds. The van der Waals surface area contributed by atoms with Crippen LogP contribution in [-0.4, -0.2) is 5.91 Å². The van der Waals surface area contributed by atoms with Crippen molar-refractivity contribution in [1.29, 1.82) is 0 Å². The van der Waals surface area contributed by atoms with Crippen LogP contribution < -0.4 is 11.1 Å². The number of rotatable bonds is 4. The van der Waals surface area contributed by atoms with E-state index in [0.717, 1.165) is 10.4 Å².